The molecule has 1 aromatic rings. The SMILES string of the molecule is [2H]c1c([2H])c(B(O)O)c([2H])c([2H])c1C. The van der Waals surface area contributed by atoms with Gasteiger partial charge in [-0.05, 0) is 12.4 Å². The Morgan fingerprint density at radius 3 is 2.20 bits per heavy atom. The zero-order chi connectivity index (χ0) is 11.0. The molecule has 0 spiro atoms. The van der Waals surface area contributed by atoms with E-state index in [-0.39, 0.29) is 23.1 Å². The summed E-state index contributed by atoms with van der Waals surface area (Å²) >= 11 is 0. The van der Waals surface area contributed by atoms with E-state index in [0.717, 1.165) is 0 Å². The second kappa shape index (κ2) is 2.86. The van der Waals surface area contributed by atoms with Crippen molar-refractivity contribution in [1.82, 2.24) is 0 Å². The summed E-state index contributed by atoms with van der Waals surface area (Å²) in [5, 5.41) is 17.7. The van der Waals surface area contributed by atoms with Crippen LogP contribution in [0.3, 0.4) is 0 Å². The molecule has 0 atom stereocenters. The summed E-state index contributed by atoms with van der Waals surface area (Å²) in [5.41, 5.74) is -0.185. The zero-order valence-electron chi connectivity index (χ0n) is 9.47. The van der Waals surface area contributed by atoms with Crippen molar-refractivity contribution in [3.8, 4) is 0 Å². The minimum absolute atomic E-state index is 0.199. The second-order valence-electron chi connectivity index (χ2n) is 1.91. The summed E-state index contributed by atoms with van der Waals surface area (Å²) in [5.74, 6) is 0. The van der Waals surface area contributed by atoms with Gasteiger partial charge >= 0.3 is 7.12 Å². The molecule has 3 heteroatoms. The molecule has 0 fully saturated rings. The van der Waals surface area contributed by atoms with Crippen LogP contribution in [0.15, 0.2) is 24.2 Å². The highest BCUT2D eigenvalue weighted by molar-refractivity contribution is 6.58. The van der Waals surface area contributed by atoms with Gasteiger partial charge in [-0.3, -0.25) is 0 Å². The maximum atomic E-state index is 8.87. The molecule has 0 saturated carbocycles. The van der Waals surface area contributed by atoms with Crippen molar-refractivity contribution in [2.45, 2.75) is 6.92 Å². The molecular formula is C7H9BO2. The van der Waals surface area contributed by atoms with E-state index in [1.54, 1.807) is 0 Å². The highest BCUT2D eigenvalue weighted by Gasteiger charge is 2.08. The Morgan fingerprint density at radius 2 is 1.80 bits per heavy atom. The van der Waals surface area contributed by atoms with Gasteiger partial charge in [-0.1, -0.05) is 29.7 Å². The molecule has 2 N–H and O–H groups in total. The fraction of sp³-hybridized carbons (Fsp3) is 0.143. The average Bonchev–Trinajstić information content (AvgIpc) is 2.11. The van der Waals surface area contributed by atoms with Crippen molar-refractivity contribution in [3.63, 3.8) is 0 Å². The van der Waals surface area contributed by atoms with Crippen molar-refractivity contribution in [3.05, 3.63) is 29.7 Å². The molecule has 2 nitrogen and oxygen atoms in total. The molecule has 10 heavy (non-hydrogen) atoms. The lowest BCUT2D eigenvalue weighted by atomic mass is 9.80. The number of hydrogen-bond donors (Lipinski definition) is 2. The fourth-order valence-electron chi connectivity index (χ4n) is 0.514. The quantitative estimate of drug-likeness (QED) is 0.524. The van der Waals surface area contributed by atoms with Crippen LogP contribution >= 0.6 is 0 Å². The Hall–Kier alpha value is -0.795. The molecule has 0 radical (unpaired) electrons. The summed E-state index contributed by atoms with van der Waals surface area (Å²) in [6, 6.07) is -1.29. The first-order chi connectivity index (χ1) is 6.37. The first-order valence-electron chi connectivity index (χ1n) is 4.81. The molecule has 1 rings (SSSR count). The predicted octanol–water partition coefficient (Wildman–Crippen LogP) is -0.325. The Bertz CT molecular complexity index is 351. The lowest BCUT2D eigenvalue weighted by molar-refractivity contribution is 0.426. The summed E-state index contributed by atoms with van der Waals surface area (Å²) in [6.45, 7) is 1.45. The Labute approximate surface area is 65.9 Å². The topological polar surface area (TPSA) is 40.5 Å². The molecule has 52 valence electrons. The molecule has 0 heterocycles. The lowest BCUT2D eigenvalue weighted by Gasteiger charge is -1.97. The first kappa shape index (κ1) is 3.55. The van der Waals surface area contributed by atoms with E-state index < -0.39 is 19.2 Å². The normalized spacial score (nSPS) is 15.1. The first-order valence-corrected chi connectivity index (χ1v) is 2.81. The van der Waals surface area contributed by atoms with Gasteiger partial charge in [0.25, 0.3) is 0 Å². The van der Waals surface area contributed by atoms with Crippen LogP contribution in [-0.4, -0.2) is 17.2 Å². The van der Waals surface area contributed by atoms with Crippen molar-refractivity contribution in [2.75, 3.05) is 0 Å². The summed E-state index contributed by atoms with van der Waals surface area (Å²) in [6.07, 6.45) is 0. The van der Waals surface area contributed by atoms with Crippen molar-refractivity contribution in [1.29, 1.82) is 0 Å². The largest absolute Gasteiger partial charge is 0.488 e. The van der Waals surface area contributed by atoms with Gasteiger partial charge in [0.1, 0.15) is 0 Å². The maximum absolute atomic E-state index is 8.87. The van der Waals surface area contributed by atoms with Crippen LogP contribution in [0, 0.1) is 6.92 Å². The van der Waals surface area contributed by atoms with E-state index in [1.165, 1.54) is 6.92 Å². The average molecular weight is 140 g/mol. The third-order valence-corrected chi connectivity index (χ3v) is 1.03. The Morgan fingerprint density at radius 1 is 1.30 bits per heavy atom. The molecule has 0 aromatic heterocycles. The molecule has 0 amide bonds. The molecule has 1 aromatic carbocycles. The molecule has 0 unspecified atom stereocenters. The molecule has 0 saturated heterocycles. The van der Waals surface area contributed by atoms with Crippen LogP contribution < -0.4 is 5.46 Å². The number of benzene rings is 1. The second-order valence-corrected chi connectivity index (χ2v) is 1.91. The van der Waals surface area contributed by atoms with Crippen LogP contribution in [0.5, 0.6) is 0 Å². The summed E-state index contributed by atoms with van der Waals surface area (Å²) in [4.78, 5) is 0. The van der Waals surface area contributed by atoms with E-state index in [0.29, 0.717) is 0 Å². The predicted molar refractivity (Wildman–Crippen MR) is 41.0 cm³/mol. The highest BCUT2D eigenvalue weighted by atomic mass is 16.4. The van der Waals surface area contributed by atoms with Crippen molar-refractivity contribution >= 4 is 12.6 Å². The molecule has 0 aliphatic rings. The van der Waals surface area contributed by atoms with Gasteiger partial charge in [-0.15, -0.1) is 0 Å². The minimum Gasteiger partial charge on any atom is -0.423 e. The van der Waals surface area contributed by atoms with Crippen molar-refractivity contribution < 1.29 is 15.5 Å². The maximum Gasteiger partial charge on any atom is 0.488 e. The smallest absolute Gasteiger partial charge is 0.423 e. The van der Waals surface area contributed by atoms with Crippen LogP contribution in [0.4, 0.5) is 0 Å². The van der Waals surface area contributed by atoms with Gasteiger partial charge < -0.3 is 10.0 Å². The minimum atomic E-state index is -1.98. The highest BCUT2D eigenvalue weighted by Crippen LogP contribution is 1.92. The third-order valence-electron chi connectivity index (χ3n) is 1.03. The number of rotatable bonds is 1. The van der Waals surface area contributed by atoms with Gasteiger partial charge in [-0.2, -0.15) is 0 Å². The zero-order valence-corrected chi connectivity index (χ0v) is 5.47. The van der Waals surface area contributed by atoms with Gasteiger partial charge in [-0.25, -0.2) is 0 Å². The van der Waals surface area contributed by atoms with Gasteiger partial charge in [0.15, 0.2) is 0 Å². The van der Waals surface area contributed by atoms with Crippen LogP contribution in [0.1, 0.15) is 11.0 Å². The van der Waals surface area contributed by atoms with Crippen molar-refractivity contribution in [2.24, 2.45) is 0 Å². The summed E-state index contributed by atoms with van der Waals surface area (Å²) in [7, 11) is -1.98. The standard InChI is InChI=1S/C7H9BO2/c1-6-2-4-7(5-3-6)8(9)10/h2-5,9-10H,1H3/i2D,3D,4D,5D. The van der Waals surface area contributed by atoms with Gasteiger partial charge in [0.2, 0.25) is 0 Å². The monoisotopic (exact) mass is 140 g/mol. The van der Waals surface area contributed by atoms with E-state index in [2.05, 4.69) is 0 Å². The molecule has 0 bridgehead atoms. The van der Waals surface area contributed by atoms with Crippen LogP contribution in [-0.2, 0) is 0 Å². The van der Waals surface area contributed by atoms with Crippen LogP contribution in [0.2, 0.25) is 0 Å². The summed E-state index contributed by atoms with van der Waals surface area (Å²) < 4.78 is 29.6. The third kappa shape index (κ3) is 1.59. The van der Waals surface area contributed by atoms with Gasteiger partial charge in [0, 0.05) is 0 Å². The van der Waals surface area contributed by atoms with E-state index in [4.69, 9.17) is 15.5 Å². The molecule has 0 aliphatic carbocycles. The van der Waals surface area contributed by atoms with Crippen LogP contribution in [0.25, 0.3) is 0 Å². The Balaban J connectivity index is 3.60. The van der Waals surface area contributed by atoms with E-state index in [1.807, 2.05) is 0 Å². The van der Waals surface area contributed by atoms with E-state index in [9.17, 15) is 0 Å². The Kier molecular flexibility index (Phi) is 1.02. The lowest BCUT2D eigenvalue weighted by Crippen LogP contribution is -2.29. The fourth-order valence-corrected chi connectivity index (χ4v) is 0.514. The molecule has 0 aliphatic heterocycles. The molecular weight excluding hydrogens is 127 g/mol. The van der Waals surface area contributed by atoms with E-state index >= 15 is 0 Å². The number of hydrogen-bond acceptors (Lipinski definition) is 2. The van der Waals surface area contributed by atoms with Gasteiger partial charge in [0.05, 0.1) is 5.48 Å².